The third-order valence-corrected chi connectivity index (χ3v) is 8.96. The van der Waals surface area contributed by atoms with Gasteiger partial charge in [0, 0.05) is 56.8 Å². The Labute approximate surface area is 264 Å². The molecule has 248 valence electrons. The highest BCUT2D eigenvalue weighted by atomic mass is 19.4. The molecule has 0 aliphatic carbocycles. The number of imide groups is 1. The van der Waals surface area contributed by atoms with Crippen LogP contribution in [0.1, 0.15) is 62.6 Å². The first kappa shape index (κ1) is 32.6. The first-order valence-corrected chi connectivity index (χ1v) is 15.0. The first-order chi connectivity index (χ1) is 22.2. The summed E-state index contributed by atoms with van der Waals surface area (Å²) in [5.41, 5.74) is 0.376. The second kappa shape index (κ2) is 12.4. The smallest absolute Gasteiger partial charge is 0.322 e. The highest BCUT2D eigenvalue weighted by Gasteiger charge is 2.40. The average Bonchev–Trinajstić information content (AvgIpc) is 3.32. The number of nitrogens with zero attached hydrogens (tertiary/aromatic N) is 3. The highest BCUT2D eigenvalue weighted by molar-refractivity contribution is 6.05. The normalized spacial score (nSPS) is 19.8. The quantitative estimate of drug-likeness (QED) is 0.278. The van der Waals surface area contributed by atoms with Gasteiger partial charge in [0.25, 0.3) is 5.91 Å². The fourth-order valence-corrected chi connectivity index (χ4v) is 6.50. The molecule has 1 atom stereocenters. The van der Waals surface area contributed by atoms with E-state index < -0.39 is 59.1 Å². The van der Waals surface area contributed by atoms with Gasteiger partial charge in [-0.25, -0.2) is 4.39 Å². The van der Waals surface area contributed by atoms with Crippen molar-refractivity contribution in [2.45, 2.75) is 50.4 Å². The predicted octanol–water partition coefficient (Wildman–Crippen LogP) is 5.53. The molecule has 0 bridgehead atoms. The van der Waals surface area contributed by atoms with Crippen LogP contribution in [0.15, 0.2) is 60.7 Å². The largest absolute Gasteiger partial charge is 0.416 e. The zero-order valence-corrected chi connectivity index (χ0v) is 24.8. The number of amides is 3. The first-order valence-electron chi connectivity index (χ1n) is 15.0. The van der Waals surface area contributed by atoms with E-state index in [1.54, 1.807) is 6.07 Å². The maximum atomic E-state index is 15.3. The zero-order valence-electron chi connectivity index (χ0n) is 24.8. The molecule has 3 amide bonds. The number of piperazine rings is 1. The summed E-state index contributed by atoms with van der Waals surface area (Å²) in [6.07, 6.45) is -8.81. The van der Waals surface area contributed by atoms with Crippen molar-refractivity contribution >= 4 is 17.7 Å². The highest BCUT2D eigenvalue weighted by Crippen LogP contribution is 2.36. The van der Waals surface area contributed by atoms with Crippen LogP contribution in [-0.4, -0.2) is 64.6 Å². The SMILES string of the molecule is O=C1CCC(N2Cc3cc(CN4CCN(C(c5ccc(C(F)(F)F)cc5)c5ccc(C(F)(F)F)cc5)CC4)c(F)cc3C2=O)C(=O)N1. The minimum Gasteiger partial charge on any atom is -0.322 e. The van der Waals surface area contributed by atoms with Crippen molar-refractivity contribution in [3.8, 4) is 0 Å². The predicted molar refractivity (Wildman–Crippen MR) is 154 cm³/mol. The number of nitrogens with one attached hydrogen (secondary N) is 1. The van der Waals surface area contributed by atoms with E-state index in [1.165, 1.54) is 35.2 Å². The van der Waals surface area contributed by atoms with Crippen LogP contribution < -0.4 is 5.32 Å². The molecule has 0 radical (unpaired) electrons. The molecule has 3 aliphatic rings. The van der Waals surface area contributed by atoms with E-state index in [0.29, 0.717) is 48.4 Å². The van der Waals surface area contributed by atoms with E-state index in [0.717, 1.165) is 24.3 Å². The number of hydrogen-bond acceptors (Lipinski definition) is 5. The number of carbonyl (C=O) groups is 3. The lowest BCUT2D eigenvalue weighted by Crippen LogP contribution is -2.52. The molecule has 2 fully saturated rings. The van der Waals surface area contributed by atoms with Crippen molar-refractivity contribution in [2.24, 2.45) is 0 Å². The molecule has 3 aliphatic heterocycles. The zero-order chi connectivity index (χ0) is 33.7. The van der Waals surface area contributed by atoms with Crippen molar-refractivity contribution in [2.75, 3.05) is 26.2 Å². The summed E-state index contributed by atoms with van der Waals surface area (Å²) < 4.78 is 94.7. The third kappa shape index (κ3) is 6.75. The Balaban J connectivity index is 1.17. The van der Waals surface area contributed by atoms with Crippen LogP contribution in [0.5, 0.6) is 0 Å². The Morgan fingerprint density at radius 2 is 1.34 bits per heavy atom. The third-order valence-electron chi connectivity index (χ3n) is 8.96. The summed E-state index contributed by atoms with van der Waals surface area (Å²) in [6.45, 7) is 1.93. The Morgan fingerprint density at radius 1 is 0.787 bits per heavy atom. The lowest BCUT2D eigenvalue weighted by Gasteiger charge is -2.40. The monoisotopic (exact) mass is 662 g/mol. The van der Waals surface area contributed by atoms with Gasteiger partial charge in [0.1, 0.15) is 11.9 Å². The summed E-state index contributed by atoms with van der Waals surface area (Å²) >= 11 is 0. The number of hydrogen-bond donors (Lipinski definition) is 1. The van der Waals surface area contributed by atoms with Crippen molar-refractivity contribution in [3.05, 3.63) is 105 Å². The van der Waals surface area contributed by atoms with Gasteiger partial charge in [0.05, 0.1) is 17.2 Å². The second-order valence-electron chi connectivity index (χ2n) is 12.0. The standard InChI is InChI=1S/C33H29F7N4O3/c34-26-16-25-21(18-44(31(25)47)27-9-10-28(45)41-30(27)46)15-22(26)17-42-11-13-43(14-12-42)29(19-1-5-23(6-2-19)32(35,36)37)20-3-7-24(8-4-20)33(38,39)40/h1-8,15-16,27,29H,9-14,17-18H2,(H,41,45,46). The number of halogens is 7. The van der Waals surface area contributed by atoms with Crippen molar-refractivity contribution in [1.29, 1.82) is 0 Å². The summed E-state index contributed by atoms with van der Waals surface area (Å²) in [4.78, 5) is 42.2. The van der Waals surface area contributed by atoms with Gasteiger partial charge >= 0.3 is 12.4 Å². The average molecular weight is 663 g/mol. The molecule has 2 saturated heterocycles. The van der Waals surface area contributed by atoms with Gasteiger partial charge in [-0.05, 0) is 59.5 Å². The van der Waals surface area contributed by atoms with Crippen LogP contribution in [0.2, 0.25) is 0 Å². The summed E-state index contributed by atoms with van der Waals surface area (Å²) in [6, 6.07) is 10.4. The number of carbonyl (C=O) groups excluding carboxylic acids is 3. The van der Waals surface area contributed by atoms with E-state index in [-0.39, 0.29) is 31.5 Å². The van der Waals surface area contributed by atoms with E-state index in [9.17, 15) is 40.7 Å². The van der Waals surface area contributed by atoms with Crippen LogP contribution in [0.25, 0.3) is 0 Å². The molecular weight excluding hydrogens is 633 g/mol. The molecule has 1 N–H and O–H groups in total. The molecular formula is C33H29F7N4O3. The van der Waals surface area contributed by atoms with Crippen LogP contribution in [-0.2, 0) is 35.0 Å². The summed E-state index contributed by atoms with van der Waals surface area (Å²) in [5, 5.41) is 2.23. The van der Waals surface area contributed by atoms with E-state index in [4.69, 9.17) is 0 Å². The van der Waals surface area contributed by atoms with Gasteiger partial charge in [0.2, 0.25) is 11.8 Å². The Hall–Kier alpha value is -4.30. The fraction of sp³-hybridized carbons (Fsp3) is 0.364. The van der Waals surface area contributed by atoms with Crippen molar-refractivity contribution in [3.63, 3.8) is 0 Å². The molecule has 3 aromatic rings. The van der Waals surface area contributed by atoms with Gasteiger partial charge in [-0.2, -0.15) is 26.3 Å². The van der Waals surface area contributed by atoms with E-state index >= 15 is 4.39 Å². The Morgan fingerprint density at radius 3 is 1.85 bits per heavy atom. The fourth-order valence-electron chi connectivity index (χ4n) is 6.50. The van der Waals surface area contributed by atoms with E-state index in [1.807, 2.05) is 9.80 Å². The van der Waals surface area contributed by atoms with Crippen LogP contribution in [0.3, 0.4) is 0 Å². The van der Waals surface area contributed by atoms with Crippen molar-refractivity contribution in [1.82, 2.24) is 20.0 Å². The van der Waals surface area contributed by atoms with Crippen LogP contribution in [0.4, 0.5) is 30.7 Å². The van der Waals surface area contributed by atoms with Gasteiger partial charge in [0.15, 0.2) is 0 Å². The van der Waals surface area contributed by atoms with Gasteiger partial charge < -0.3 is 4.90 Å². The Bertz CT molecular complexity index is 1620. The number of benzene rings is 3. The van der Waals surface area contributed by atoms with Gasteiger partial charge in [-0.3, -0.25) is 29.5 Å². The van der Waals surface area contributed by atoms with Crippen molar-refractivity contribution < 1.29 is 45.1 Å². The number of alkyl halides is 6. The molecule has 0 aromatic heterocycles. The molecule has 14 heteroatoms. The van der Waals surface area contributed by atoms with Gasteiger partial charge in [-0.15, -0.1) is 0 Å². The van der Waals surface area contributed by atoms with Gasteiger partial charge in [-0.1, -0.05) is 24.3 Å². The molecule has 3 aromatic carbocycles. The molecule has 0 spiro atoms. The molecule has 7 nitrogen and oxygen atoms in total. The maximum Gasteiger partial charge on any atom is 0.416 e. The molecule has 47 heavy (non-hydrogen) atoms. The van der Waals surface area contributed by atoms with Crippen LogP contribution in [0, 0.1) is 5.82 Å². The molecule has 6 rings (SSSR count). The Kier molecular flexibility index (Phi) is 8.60. The lowest BCUT2D eigenvalue weighted by atomic mass is 9.94. The maximum absolute atomic E-state index is 15.3. The molecule has 0 saturated carbocycles. The lowest BCUT2D eigenvalue weighted by molar-refractivity contribution is -0.138. The number of fused-ring (bicyclic) bond motifs is 1. The molecule has 1 unspecified atom stereocenters. The minimum absolute atomic E-state index is 0.0979. The number of piperidine rings is 1. The molecule has 3 heterocycles. The van der Waals surface area contributed by atoms with E-state index in [2.05, 4.69) is 5.32 Å². The number of rotatable bonds is 6. The van der Waals surface area contributed by atoms with Crippen LogP contribution >= 0.6 is 0 Å². The summed E-state index contributed by atoms with van der Waals surface area (Å²) in [5.74, 6) is -2.04. The topological polar surface area (TPSA) is 73.0 Å². The second-order valence-corrected chi connectivity index (χ2v) is 12.0. The minimum atomic E-state index is -4.54. The summed E-state index contributed by atoms with van der Waals surface area (Å²) in [7, 11) is 0.